The molecule has 1 aromatic rings. The molecule has 2 bridgehead atoms. The van der Waals surface area contributed by atoms with E-state index < -0.39 is 34.4 Å². The van der Waals surface area contributed by atoms with Gasteiger partial charge in [-0.25, -0.2) is 19.9 Å². The molecule has 0 saturated carbocycles. The summed E-state index contributed by atoms with van der Waals surface area (Å²) in [5, 5.41) is 7.98. The normalized spacial score (nSPS) is 29.5. The Bertz CT molecular complexity index is 864. The van der Waals surface area contributed by atoms with Gasteiger partial charge < -0.3 is 10.2 Å². The van der Waals surface area contributed by atoms with Gasteiger partial charge in [-0.3, -0.25) is 14.2 Å². The van der Waals surface area contributed by atoms with Crippen LogP contribution in [-0.4, -0.2) is 87.5 Å². The number of nitrogens with one attached hydrogen (secondary N) is 2. The van der Waals surface area contributed by atoms with E-state index in [0.717, 1.165) is 6.42 Å². The van der Waals surface area contributed by atoms with E-state index in [1.165, 1.54) is 11.2 Å². The Kier molecular flexibility index (Phi) is 5.39. The number of hydrogen-bond donors (Lipinski definition) is 3. The standard InChI is InChI=1S/C14H21N7O7S/c22-13(18-27-6-9-3-11(4-16-9)20-8-15-7-17-20)12-2-1-10-5-19(12)14(23)21(10)28-29(24,25)26/h7-12,16H,1-6H2,(H,18,22)(H,24,25,26)/t9-,10-,11-,12+/m1/s1. The fraction of sp³-hybridized carbons (Fsp3) is 0.714. The average molecular weight is 431 g/mol. The molecule has 15 heteroatoms. The highest BCUT2D eigenvalue weighted by atomic mass is 32.3. The fourth-order valence-corrected chi connectivity index (χ4v) is 4.31. The Morgan fingerprint density at radius 3 is 2.93 bits per heavy atom. The summed E-state index contributed by atoms with van der Waals surface area (Å²) in [4.78, 5) is 35.2. The molecule has 29 heavy (non-hydrogen) atoms. The van der Waals surface area contributed by atoms with Crippen LogP contribution in [0.2, 0.25) is 0 Å². The highest BCUT2D eigenvalue weighted by Crippen LogP contribution is 2.30. The van der Waals surface area contributed by atoms with E-state index in [4.69, 9.17) is 9.39 Å². The van der Waals surface area contributed by atoms with Crippen LogP contribution >= 0.6 is 0 Å². The van der Waals surface area contributed by atoms with Crippen molar-refractivity contribution in [2.24, 2.45) is 0 Å². The molecule has 0 radical (unpaired) electrons. The van der Waals surface area contributed by atoms with Gasteiger partial charge in [0.1, 0.15) is 18.7 Å². The first kappa shape index (κ1) is 20.0. The van der Waals surface area contributed by atoms with Crippen molar-refractivity contribution in [2.75, 3.05) is 19.7 Å². The summed E-state index contributed by atoms with van der Waals surface area (Å²) in [6, 6.07) is -1.97. The van der Waals surface area contributed by atoms with Gasteiger partial charge in [-0.05, 0) is 19.3 Å². The van der Waals surface area contributed by atoms with Crippen molar-refractivity contribution in [2.45, 2.75) is 43.4 Å². The van der Waals surface area contributed by atoms with Crippen LogP contribution in [-0.2, 0) is 24.3 Å². The Balaban J connectivity index is 1.25. The van der Waals surface area contributed by atoms with Gasteiger partial charge >= 0.3 is 16.4 Å². The SMILES string of the molecule is O=C(NOC[C@H]1C[C@@H](n2cncn2)CN1)[C@@H]1CC[C@@H]2CN1C(=O)N2OS(=O)(=O)O. The molecule has 4 rings (SSSR count). The van der Waals surface area contributed by atoms with Crippen molar-refractivity contribution in [1.29, 1.82) is 0 Å². The lowest BCUT2D eigenvalue weighted by molar-refractivity contribution is -0.139. The monoisotopic (exact) mass is 431 g/mol. The number of amides is 3. The maximum absolute atomic E-state index is 12.4. The van der Waals surface area contributed by atoms with Gasteiger partial charge in [0.25, 0.3) is 5.91 Å². The number of nitrogens with zero attached hydrogens (tertiary/aromatic N) is 5. The quantitative estimate of drug-likeness (QED) is 0.332. The first-order valence-electron chi connectivity index (χ1n) is 9.08. The molecule has 160 valence electrons. The van der Waals surface area contributed by atoms with Gasteiger partial charge in [-0.1, -0.05) is 0 Å². The molecular weight excluding hydrogens is 410 g/mol. The van der Waals surface area contributed by atoms with Gasteiger partial charge in [-0.2, -0.15) is 18.6 Å². The molecule has 1 aromatic heterocycles. The molecule has 3 fully saturated rings. The van der Waals surface area contributed by atoms with Crippen LogP contribution in [0, 0.1) is 0 Å². The molecule has 4 heterocycles. The third-order valence-corrected chi connectivity index (χ3v) is 5.62. The molecule has 0 aromatic carbocycles. The molecular formula is C14H21N7O7S. The summed E-state index contributed by atoms with van der Waals surface area (Å²) in [6.07, 6.45) is 4.54. The minimum Gasteiger partial charge on any atom is -0.309 e. The number of carbonyl (C=O) groups is 2. The Hall–Kier alpha value is -2.33. The van der Waals surface area contributed by atoms with Crippen LogP contribution in [0.1, 0.15) is 25.3 Å². The molecule has 4 atom stereocenters. The Labute approximate surface area is 166 Å². The van der Waals surface area contributed by atoms with E-state index in [9.17, 15) is 18.0 Å². The third kappa shape index (κ3) is 4.32. The number of carbonyl (C=O) groups excluding carboxylic acids is 2. The zero-order chi connectivity index (χ0) is 20.6. The van der Waals surface area contributed by atoms with Crippen LogP contribution < -0.4 is 10.8 Å². The van der Waals surface area contributed by atoms with E-state index in [2.05, 4.69) is 25.2 Å². The summed E-state index contributed by atoms with van der Waals surface area (Å²) < 4.78 is 36.7. The second-order valence-corrected chi connectivity index (χ2v) is 8.16. The number of rotatable bonds is 7. The maximum atomic E-state index is 12.4. The number of fused-ring (bicyclic) bond motifs is 2. The average Bonchev–Trinajstić information content (AvgIpc) is 3.39. The zero-order valence-electron chi connectivity index (χ0n) is 15.2. The summed E-state index contributed by atoms with van der Waals surface area (Å²) in [7, 11) is -4.83. The maximum Gasteiger partial charge on any atom is 0.418 e. The van der Waals surface area contributed by atoms with Crippen molar-refractivity contribution in [3.05, 3.63) is 12.7 Å². The summed E-state index contributed by atoms with van der Waals surface area (Å²) in [6.45, 7) is 1.07. The van der Waals surface area contributed by atoms with E-state index in [1.54, 1.807) is 11.0 Å². The van der Waals surface area contributed by atoms with Crippen LogP contribution in [0.3, 0.4) is 0 Å². The molecule has 0 unspecified atom stereocenters. The minimum absolute atomic E-state index is 0.0207. The largest absolute Gasteiger partial charge is 0.418 e. The van der Waals surface area contributed by atoms with Crippen molar-refractivity contribution >= 4 is 22.3 Å². The van der Waals surface area contributed by atoms with Gasteiger partial charge in [-0.15, -0.1) is 4.28 Å². The molecule has 0 aliphatic carbocycles. The van der Waals surface area contributed by atoms with Crippen LogP contribution in [0.4, 0.5) is 4.79 Å². The minimum atomic E-state index is -4.83. The van der Waals surface area contributed by atoms with E-state index in [-0.39, 0.29) is 25.2 Å². The second kappa shape index (κ2) is 7.83. The van der Waals surface area contributed by atoms with Crippen LogP contribution in [0.5, 0.6) is 0 Å². The van der Waals surface area contributed by atoms with Crippen molar-refractivity contribution in [1.82, 2.24) is 35.5 Å². The van der Waals surface area contributed by atoms with Crippen molar-refractivity contribution < 1.29 is 31.7 Å². The zero-order valence-corrected chi connectivity index (χ0v) is 16.1. The molecule has 3 saturated heterocycles. The molecule has 14 nitrogen and oxygen atoms in total. The van der Waals surface area contributed by atoms with Crippen molar-refractivity contribution in [3.63, 3.8) is 0 Å². The number of hydrogen-bond acceptors (Lipinski definition) is 9. The first-order valence-corrected chi connectivity index (χ1v) is 10.4. The lowest BCUT2D eigenvalue weighted by atomic mass is 10.0. The highest BCUT2D eigenvalue weighted by Gasteiger charge is 2.49. The molecule has 0 spiro atoms. The third-order valence-electron chi connectivity index (χ3n) is 5.27. The highest BCUT2D eigenvalue weighted by molar-refractivity contribution is 7.80. The number of urea groups is 1. The molecule has 3 aliphatic heterocycles. The van der Waals surface area contributed by atoms with E-state index >= 15 is 0 Å². The summed E-state index contributed by atoms with van der Waals surface area (Å²) >= 11 is 0. The lowest BCUT2D eigenvalue weighted by Gasteiger charge is -2.29. The Morgan fingerprint density at radius 1 is 1.38 bits per heavy atom. The fourth-order valence-electron chi connectivity index (χ4n) is 3.92. The smallest absolute Gasteiger partial charge is 0.309 e. The number of hydroxylamine groups is 3. The van der Waals surface area contributed by atoms with Gasteiger partial charge in [0.05, 0.1) is 18.7 Å². The summed E-state index contributed by atoms with van der Waals surface area (Å²) in [5.41, 5.74) is 2.36. The topological polar surface area (TPSA) is 168 Å². The van der Waals surface area contributed by atoms with Crippen LogP contribution in [0.25, 0.3) is 0 Å². The Morgan fingerprint density at radius 2 is 2.21 bits per heavy atom. The molecule has 3 amide bonds. The van der Waals surface area contributed by atoms with Crippen LogP contribution in [0.15, 0.2) is 12.7 Å². The predicted molar refractivity (Wildman–Crippen MR) is 92.9 cm³/mol. The van der Waals surface area contributed by atoms with Crippen molar-refractivity contribution in [3.8, 4) is 0 Å². The van der Waals surface area contributed by atoms with E-state index in [0.29, 0.717) is 24.4 Å². The predicted octanol–water partition coefficient (Wildman–Crippen LogP) is -1.77. The second-order valence-electron chi connectivity index (χ2n) is 7.16. The molecule has 3 N–H and O–H groups in total. The number of aromatic nitrogens is 3. The van der Waals surface area contributed by atoms with E-state index in [1.807, 2.05) is 0 Å². The van der Waals surface area contributed by atoms with Gasteiger partial charge in [0, 0.05) is 19.1 Å². The first-order chi connectivity index (χ1) is 13.8. The lowest BCUT2D eigenvalue weighted by Crippen LogP contribution is -2.50. The number of piperidine rings is 1. The molecule has 3 aliphatic rings. The summed E-state index contributed by atoms with van der Waals surface area (Å²) in [5.74, 6) is -0.503. The van der Waals surface area contributed by atoms with Gasteiger partial charge in [0.15, 0.2) is 0 Å². The van der Waals surface area contributed by atoms with Gasteiger partial charge in [0.2, 0.25) is 0 Å².